The highest BCUT2D eigenvalue weighted by Gasteiger charge is 2.26. The van der Waals surface area contributed by atoms with E-state index in [1.807, 2.05) is 26.0 Å². The number of carbonyl (C=O) groups is 1. The molecule has 0 aliphatic carbocycles. The van der Waals surface area contributed by atoms with Crippen molar-refractivity contribution in [3.05, 3.63) is 40.8 Å². The predicted octanol–water partition coefficient (Wildman–Crippen LogP) is 2.25. The van der Waals surface area contributed by atoms with Crippen molar-refractivity contribution in [2.24, 2.45) is 5.92 Å². The van der Waals surface area contributed by atoms with E-state index in [0.29, 0.717) is 11.3 Å². The van der Waals surface area contributed by atoms with Crippen LogP contribution in [0.3, 0.4) is 0 Å². The van der Waals surface area contributed by atoms with Gasteiger partial charge in [0.05, 0.1) is 12.8 Å². The summed E-state index contributed by atoms with van der Waals surface area (Å²) < 4.78 is 5.16. The monoisotopic (exact) mass is 304 g/mol. The summed E-state index contributed by atoms with van der Waals surface area (Å²) in [5.41, 5.74) is 0.590. The van der Waals surface area contributed by atoms with Crippen molar-refractivity contribution in [1.29, 1.82) is 0 Å². The Labute approximate surface area is 128 Å². The number of nitrogens with zero attached hydrogens (tertiary/aromatic N) is 1. The number of hydrogen-bond donors (Lipinski definition) is 1. The zero-order valence-electron chi connectivity index (χ0n) is 13.1. The summed E-state index contributed by atoms with van der Waals surface area (Å²) in [4.78, 5) is 29.0. The second kappa shape index (κ2) is 6.62. The van der Waals surface area contributed by atoms with Gasteiger partial charge in [0.2, 0.25) is 0 Å². The molecule has 0 aliphatic heterocycles. The van der Waals surface area contributed by atoms with E-state index >= 15 is 0 Å². The van der Waals surface area contributed by atoms with Crippen LogP contribution in [0.25, 0.3) is 11.0 Å². The van der Waals surface area contributed by atoms with Gasteiger partial charge in [-0.1, -0.05) is 26.0 Å². The molecule has 0 bridgehead atoms. The number of likely N-dealkylation sites (N-methyl/N-ethyl adjacent to an activating group) is 1. The van der Waals surface area contributed by atoms with E-state index in [-0.39, 0.29) is 11.8 Å². The Balaban J connectivity index is 2.43. The maximum absolute atomic E-state index is 12.4. The average molecular weight is 304 g/mol. The number of anilines is 1. The lowest BCUT2D eigenvalue weighted by Crippen LogP contribution is -2.43. The van der Waals surface area contributed by atoms with Crippen LogP contribution < -0.4 is 10.9 Å². The molecule has 1 heterocycles. The zero-order chi connectivity index (χ0) is 16.3. The molecule has 1 amide bonds. The summed E-state index contributed by atoms with van der Waals surface area (Å²) in [5.74, 6) is -0.203. The number of hydrogen-bond acceptors (Lipinski definition) is 5. The Morgan fingerprint density at radius 2 is 2.00 bits per heavy atom. The first-order chi connectivity index (χ1) is 10.4. The fraction of sp³-hybridized carbons (Fsp3) is 0.375. The second-order valence-electron chi connectivity index (χ2n) is 5.36. The number of hydroxylamine groups is 2. The summed E-state index contributed by atoms with van der Waals surface area (Å²) in [5, 5.41) is 5.07. The summed E-state index contributed by atoms with van der Waals surface area (Å²) in [6.07, 6.45) is 0. The first-order valence-corrected chi connectivity index (χ1v) is 7.05. The van der Waals surface area contributed by atoms with E-state index in [4.69, 9.17) is 9.25 Å². The number of carbonyl (C=O) groups excluding carboxylic acids is 1. The number of rotatable bonds is 5. The topological polar surface area (TPSA) is 71.8 Å². The molecular formula is C16H20N2O4. The minimum atomic E-state index is -0.518. The molecule has 6 nitrogen and oxygen atoms in total. The molecule has 0 fully saturated rings. The van der Waals surface area contributed by atoms with Gasteiger partial charge in [-0.05, 0) is 18.1 Å². The van der Waals surface area contributed by atoms with Crippen molar-refractivity contribution in [3.8, 4) is 0 Å². The molecule has 1 aromatic carbocycles. The molecule has 2 rings (SSSR count). The molecule has 2 aromatic rings. The smallest absolute Gasteiger partial charge is 0.338 e. The van der Waals surface area contributed by atoms with Crippen molar-refractivity contribution in [3.63, 3.8) is 0 Å². The molecule has 1 atom stereocenters. The number of benzene rings is 1. The third-order valence-electron chi connectivity index (χ3n) is 3.48. The first kappa shape index (κ1) is 16.0. The second-order valence-corrected chi connectivity index (χ2v) is 5.36. The third-order valence-corrected chi connectivity index (χ3v) is 3.48. The molecule has 0 saturated heterocycles. The maximum Gasteiger partial charge on any atom is 0.338 e. The van der Waals surface area contributed by atoms with Gasteiger partial charge in [-0.2, -0.15) is 0 Å². The summed E-state index contributed by atoms with van der Waals surface area (Å²) in [6.45, 7) is 3.85. The van der Waals surface area contributed by atoms with Gasteiger partial charge in [0, 0.05) is 18.5 Å². The van der Waals surface area contributed by atoms with Crippen LogP contribution in [0, 0.1) is 5.92 Å². The lowest BCUT2D eigenvalue weighted by Gasteiger charge is -2.26. The van der Waals surface area contributed by atoms with Gasteiger partial charge >= 0.3 is 5.63 Å². The molecule has 0 aliphatic rings. The maximum atomic E-state index is 12.4. The molecule has 1 aromatic heterocycles. The number of amides is 1. The van der Waals surface area contributed by atoms with Crippen molar-refractivity contribution < 1.29 is 14.0 Å². The van der Waals surface area contributed by atoms with Crippen molar-refractivity contribution in [2.75, 3.05) is 19.5 Å². The SMILES string of the molecule is CON(C)C(=O)C(Nc1cc(=O)oc2ccccc12)C(C)C. The normalized spacial score (nSPS) is 12.4. The van der Waals surface area contributed by atoms with Crippen molar-refractivity contribution in [1.82, 2.24) is 5.06 Å². The Kier molecular flexibility index (Phi) is 4.82. The number of nitrogens with one attached hydrogen (secondary N) is 1. The first-order valence-electron chi connectivity index (χ1n) is 7.05. The minimum absolute atomic E-state index is 0.0103. The molecule has 1 N–H and O–H groups in total. The summed E-state index contributed by atoms with van der Waals surface area (Å²) in [7, 11) is 2.98. The van der Waals surface area contributed by atoms with E-state index in [9.17, 15) is 9.59 Å². The van der Waals surface area contributed by atoms with Crippen molar-refractivity contribution in [2.45, 2.75) is 19.9 Å². The van der Waals surface area contributed by atoms with Gasteiger partial charge in [-0.25, -0.2) is 9.86 Å². The Morgan fingerprint density at radius 1 is 1.32 bits per heavy atom. The molecule has 0 saturated carbocycles. The fourth-order valence-electron chi connectivity index (χ4n) is 2.20. The standard InChI is InChI=1S/C16H20N2O4/c1-10(2)15(16(20)18(3)21-4)17-12-9-14(19)22-13-8-6-5-7-11(12)13/h5-10,15,17H,1-4H3. The minimum Gasteiger partial charge on any atom is -0.423 e. The molecule has 22 heavy (non-hydrogen) atoms. The van der Waals surface area contributed by atoms with Crippen LogP contribution in [0.5, 0.6) is 0 Å². The Morgan fingerprint density at radius 3 is 2.64 bits per heavy atom. The van der Waals surface area contributed by atoms with Gasteiger partial charge in [-0.15, -0.1) is 0 Å². The lowest BCUT2D eigenvalue weighted by atomic mass is 10.0. The van der Waals surface area contributed by atoms with Gasteiger partial charge in [0.25, 0.3) is 5.91 Å². The van der Waals surface area contributed by atoms with E-state index < -0.39 is 11.7 Å². The van der Waals surface area contributed by atoms with Crippen LogP contribution in [-0.2, 0) is 9.63 Å². The predicted molar refractivity (Wildman–Crippen MR) is 84.5 cm³/mol. The Bertz CT molecular complexity index is 723. The van der Waals surface area contributed by atoms with E-state index in [1.165, 1.54) is 18.2 Å². The summed E-state index contributed by atoms with van der Waals surface area (Å²) in [6, 6.07) is 8.03. The van der Waals surface area contributed by atoms with Crippen LogP contribution in [0.2, 0.25) is 0 Å². The van der Waals surface area contributed by atoms with Crippen LogP contribution in [0.1, 0.15) is 13.8 Å². The highest BCUT2D eigenvalue weighted by atomic mass is 16.7. The van der Waals surface area contributed by atoms with Gasteiger partial charge in [-0.3, -0.25) is 9.63 Å². The highest BCUT2D eigenvalue weighted by molar-refractivity contribution is 5.92. The van der Waals surface area contributed by atoms with Gasteiger partial charge in [0.1, 0.15) is 11.6 Å². The molecule has 0 radical (unpaired) electrons. The van der Waals surface area contributed by atoms with Crippen LogP contribution >= 0.6 is 0 Å². The highest BCUT2D eigenvalue weighted by Crippen LogP contribution is 2.23. The Hall–Kier alpha value is -2.34. The quantitative estimate of drug-likeness (QED) is 0.677. The molecule has 0 spiro atoms. The lowest BCUT2D eigenvalue weighted by molar-refractivity contribution is -0.170. The van der Waals surface area contributed by atoms with E-state index in [0.717, 1.165) is 5.39 Å². The van der Waals surface area contributed by atoms with E-state index in [1.54, 1.807) is 19.2 Å². The van der Waals surface area contributed by atoms with Crippen LogP contribution in [-0.4, -0.2) is 31.2 Å². The molecule has 6 heteroatoms. The third kappa shape index (κ3) is 3.28. The number of fused-ring (bicyclic) bond motifs is 1. The molecule has 1 unspecified atom stereocenters. The molecule has 118 valence electrons. The molecular weight excluding hydrogens is 284 g/mol. The zero-order valence-corrected chi connectivity index (χ0v) is 13.1. The van der Waals surface area contributed by atoms with Gasteiger partial charge < -0.3 is 9.73 Å². The summed E-state index contributed by atoms with van der Waals surface area (Å²) >= 11 is 0. The van der Waals surface area contributed by atoms with Crippen molar-refractivity contribution >= 4 is 22.6 Å². The fourth-order valence-corrected chi connectivity index (χ4v) is 2.20. The van der Waals surface area contributed by atoms with Crippen LogP contribution in [0.4, 0.5) is 5.69 Å². The van der Waals surface area contributed by atoms with E-state index in [2.05, 4.69) is 5.32 Å². The largest absolute Gasteiger partial charge is 0.423 e. The van der Waals surface area contributed by atoms with Crippen LogP contribution in [0.15, 0.2) is 39.5 Å². The van der Waals surface area contributed by atoms with Gasteiger partial charge in [0.15, 0.2) is 0 Å². The average Bonchev–Trinajstić information content (AvgIpc) is 2.50. The number of para-hydroxylation sites is 1.